The van der Waals surface area contributed by atoms with Crippen molar-refractivity contribution in [1.82, 2.24) is 4.72 Å². The van der Waals surface area contributed by atoms with E-state index in [0.717, 1.165) is 0 Å². The molecule has 0 amide bonds. The molecule has 1 fully saturated rings. The predicted octanol–water partition coefficient (Wildman–Crippen LogP) is 0.272. The van der Waals surface area contributed by atoms with Gasteiger partial charge in [-0.3, -0.25) is 0 Å². The van der Waals surface area contributed by atoms with Crippen LogP contribution in [0.5, 0.6) is 0 Å². The van der Waals surface area contributed by atoms with Crippen molar-refractivity contribution >= 4 is 16.0 Å². The van der Waals surface area contributed by atoms with Gasteiger partial charge in [0, 0.05) is 0 Å². The number of carbonyl (C=O) groups is 1. The zero-order valence-corrected chi connectivity index (χ0v) is 10.7. The number of hydrogen-bond acceptors (Lipinski definition) is 5. The summed E-state index contributed by atoms with van der Waals surface area (Å²) in [7, 11) is -3.91. The van der Waals surface area contributed by atoms with Crippen molar-refractivity contribution in [2.24, 2.45) is 0 Å². The quantitative estimate of drug-likeness (QED) is 0.817. The molecule has 0 radical (unpaired) electrons. The molecule has 0 saturated carbocycles. The van der Waals surface area contributed by atoms with Crippen LogP contribution in [0.3, 0.4) is 0 Å². The zero-order chi connectivity index (χ0) is 13.5. The third kappa shape index (κ3) is 2.14. The van der Waals surface area contributed by atoms with Crippen molar-refractivity contribution in [3.63, 3.8) is 0 Å². The Morgan fingerprint density at radius 1 is 1.33 bits per heavy atom. The number of carboxylic acid groups (broad SMARTS) is 1. The normalized spacial score (nSPS) is 16.6. The van der Waals surface area contributed by atoms with Gasteiger partial charge in [0.1, 0.15) is 22.0 Å². The number of ether oxygens (including phenoxy) is 1. The summed E-state index contributed by atoms with van der Waals surface area (Å²) in [6.45, 7) is 3.42. The molecule has 18 heavy (non-hydrogen) atoms. The Bertz CT molecular complexity index is 584. The number of nitrogens with one attached hydrogen (secondary N) is 1. The summed E-state index contributed by atoms with van der Waals surface area (Å²) in [5.74, 6) is -1.18. The van der Waals surface area contributed by atoms with E-state index < -0.39 is 16.0 Å². The highest BCUT2D eigenvalue weighted by atomic mass is 32.2. The summed E-state index contributed by atoms with van der Waals surface area (Å²) < 4.78 is 36.6. The smallest absolute Gasteiger partial charge is 0.340 e. The third-order valence-corrected chi connectivity index (χ3v) is 4.32. The van der Waals surface area contributed by atoms with Crippen LogP contribution >= 0.6 is 0 Å². The Balaban J connectivity index is 2.45. The van der Waals surface area contributed by atoms with Crippen molar-refractivity contribution in [2.75, 3.05) is 13.2 Å². The molecule has 0 bridgehead atoms. The Morgan fingerprint density at radius 2 is 1.94 bits per heavy atom. The number of aromatic carboxylic acids is 1. The van der Waals surface area contributed by atoms with Gasteiger partial charge in [0.2, 0.25) is 10.0 Å². The van der Waals surface area contributed by atoms with E-state index in [9.17, 15) is 13.2 Å². The summed E-state index contributed by atoms with van der Waals surface area (Å²) >= 11 is 0. The van der Waals surface area contributed by atoms with Crippen molar-refractivity contribution in [1.29, 1.82) is 0 Å². The summed E-state index contributed by atoms with van der Waals surface area (Å²) in [6.07, 6.45) is 0. The highest BCUT2D eigenvalue weighted by molar-refractivity contribution is 7.89. The average molecular weight is 275 g/mol. The molecule has 1 aromatic rings. The molecule has 2 N–H and O–H groups in total. The van der Waals surface area contributed by atoms with Gasteiger partial charge in [0.15, 0.2) is 0 Å². The Hall–Kier alpha value is -1.38. The van der Waals surface area contributed by atoms with Gasteiger partial charge in [-0.25, -0.2) is 17.9 Å². The lowest BCUT2D eigenvalue weighted by Crippen LogP contribution is -2.48. The van der Waals surface area contributed by atoms with Gasteiger partial charge in [-0.15, -0.1) is 0 Å². The molecule has 2 heterocycles. The third-order valence-electron chi connectivity index (χ3n) is 2.65. The maximum absolute atomic E-state index is 12.1. The van der Waals surface area contributed by atoms with Crippen LogP contribution in [-0.2, 0) is 14.8 Å². The number of rotatable bonds is 4. The van der Waals surface area contributed by atoms with E-state index in [0.29, 0.717) is 0 Å². The van der Waals surface area contributed by atoms with E-state index in [1.54, 1.807) is 0 Å². The number of aryl methyl sites for hydroxylation is 2. The minimum absolute atomic E-state index is 0.0673. The Kier molecular flexibility index (Phi) is 3.18. The topological polar surface area (TPSA) is 106 Å². The van der Waals surface area contributed by atoms with Crippen LogP contribution in [0.25, 0.3) is 0 Å². The molecule has 100 valence electrons. The molecular formula is C10H13NO6S. The fourth-order valence-corrected chi connectivity index (χ4v) is 3.43. The summed E-state index contributed by atoms with van der Waals surface area (Å²) in [5, 5.41) is 9.05. The average Bonchev–Trinajstić information content (AvgIpc) is 2.48. The molecule has 1 aliphatic heterocycles. The molecule has 0 spiro atoms. The second-order valence-electron chi connectivity index (χ2n) is 4.08. The largest absolute Gasteiger partial charge is 0.478 e. The molecule has 1 aliphatic rings. The molecule has 0 atom stereocenters. The first-order valence-electron chi connectivity index (χ1n) is 5.26. The first-order valence-corrected chi connectivity index (χ1v) is 6.74. The molecular weight excluding hydrogens is 262 g/mol. The van der Waals surface area contributed by atoms with Crippen molar-refractivity contribution in [3.8, 4) is 0 Å². The fourth-order valence-electron chi connectivity index (χ4n) is 1.82. The van der Waals surface area contributed by atoms with Crippen LogP contribution in [0.1, 0.15) is 21.9 Å². The maximum Gasteiger partial charge on any atom is 0.340 e. The predicted molar refractivity (Wildman–Crippen MR) is 60.1 cm³/mol. The van der Waals surface area contributed by atoms with Gasteiger partial charge < -0.3 is 14.3 Å². The zero-order valence-electron chi connectivity index (χ0n) is 9.89. The Labute approximate surface area is 104 Å². The summed E-state index contributed by atoms with van der Waals surface area (Å²) in [5.41, 5.74) is -0.319. The van der Waals surface area contributed by atoms with Gasteiger partial charge in [0.25, 0.3) is 0 Å². The van der Waals surface area contributed by atoms with E-state index >= 15 is 0 Å². The lowest BCUT2D eigenvalue weighted by atomic mass is 10.2. The van der Waals surface area contributed by atoms with Gasteiger partial charge in [-0.2, -0.15) is 0 Å². The van der Waals surface area contributed by atoms with Crippen LogP contribution in [0.2, 0.25) is 0 Å². The summed E-state index contributed by atoms with van der Waals surface area (Å²) in [6, 6.07) is -0.314. The number of furan rings is 1. The van der Waals surface area contributed by atoms with Crippen LogP contribution < -0.4 is 4.72 Å². The maximum atomic E-state index is 12.1. The van der Waals surface area contributed by atoms with E-state index in [-0.39, 0.29) is 41.2 Å². The van der Waals surface area contributed by atoms with Crippen molar-refractivity contribution in [3.05, 3.63) is 17.1 Å². The second kappa shape index (κ2) is 4.38. The van der Waals surface area contributed by atoms with Crippen LogP contribution in [0, 0.1) is 13.8 Å². The number of sulfonamides is 1. The highest BCUT2D eigenvalue weighted by Crippen LogP contribution is 2.27. The van der Waals surface area contributed by atoms with Gasteiger partial charge in [-0.05, 0) is 13.8 Å². The van der Waals surface area contributed by atoms with E-state index in [1.807, 2.05) is 0 Å². The molecule has 1 aromatic heterocycles. The lowest BCUT2D eigenvalue weighted by Gasteiger charge is -2.26. The lowest BCUT2D eigenvalue weighted by molar-refractivity contribution is 0.00480. The van der Waals surface area contributed by atoms with Gasteiger partial charge in [0.05, 0.1) is 19.3 Å². The molecule has 0 aromatic carbocycles. The van der Waals surface area contributed by atoms with Crippen LogP contribution in [-0.4, -0.2) is 38.7 Å². The molecule has 2 rings (SSSR count). The summed E-state index contributed by atoms with van der Waals surface area (Å²) in [4.78, 5) is 10.8. The standard InChI is InChI=1S/C10H13NO6S/c1-5-8(10(12)13)9(6(2)17-5)18(14,15)11-7-3-16-4-7/h7,11H,3-4H2,1-2H3,(H,12,13). The van der Waals surface area contributed by atoms with Gasteiger partial charge in [-0.1, -0.05) is 0 Å². The van der Waals surface area contributed by atoms with Crippen LogP contribution in [0.4, 0.5) is 0 Å². The molecule has 8 heteroatoms. The highest BCUT2D eigenvalue weighted by Gasteiger charge is 2.33. The van der Waals surface area contributed by atoms with Gasteiger partial charge >= 0.3 is 5.97 Å². The number of hydrogen-bond donors (Lipinski definition) is 2. The molecule has 0 aliphatic carbocycles. The molecule has 7 nitrogen and oxygen atoms in total. The second-order valence-corrected chi connectivity index (χ2v) is 5.73. The Morgan fingerprint density at radius 3 is 2.39 bits per heavy atom. The van der Waals surface area contributed by atoms with E-state index in [2.05, 4.69) is 4.72 Å². The fraction of sp³-hybridized carbons (Fsp3) is 0.500. The van der Waals surface area contributed by atoms with Crippen molar-refractivity contribution < 1.29 is 27.5 Å². The molecule has 1 saturated heterocycles. The van der Waals surface area contributed by atoms with E-state index in [4.69, 9.17) is 14.3 Å². The first kappa shape index (κ1) is 13.1. The first-order chi connectivity index (χ1) is 8.33. The van der Waals surface area contributed by atoms with Crippen LogP contribution in [0.15, 0.2) is 9.31 Å². The number of carboxylic acids is 1. The minimum atomic E-state index is -3.91. The minimum Gasteiger partial charge on any atom is -0.478 e. The van der Waals surface area contributed by atoms with Crippen molar-refractivity contribution in [2.45, 2.75) is 24.8 Å². The molecule has 0 unspecified atom stereocenters. The van der Waals surface area contributed by atoms with E-state index in [1.165, 1.54) is 13.8 Å². The monoisotopic (exact) mass is 275 g/mol. The SMILES string of the molecule is Cc1oc(C)c(S(=O)(=O)NC2COC2)c1C(=O)O.